The van der Waals surface area contributed by atoms with E-state index in [4.69, 9.17) is 14.7 Å². The van der Waals surface area contributed by atoms with Gasteiger partial charge in [-0.05, 0) is 0 Å². The van der Waals surface area contributed by atoms with Crippen molar-refractivity contribution in [2.45, 2.75) is 36.6 Å². The number of carbonyl (C=O) groups is 2. The van der Waals surface area contributed by atoms with Crippen LogP contribution in [0.4, 0.5) is 0 Å². The maximum absolute atomic E-state index is 12.4. The number of phosphoric ester groups is 1. The van der Waals surface area contributed by atoms with Crippen LogP contribution in [0.2, 0.25) is 0 Å². The SMILES string of the molecule is O=C1C=C(N2CC2)C(=O)C(N2CC2)=C1N1CC1.O=P(O)(O)OP(=O)(O)OC1[C@@H](O)[C@H](O)C(O)[C@H](O)[C@@H]1O. The number of allylic oxidation sites excluding steroid dienone is 1. The third-order valence-electron chi connectivity index (χ3n) is 6.03. The molecular formula is C18H27N3O14P2. The molecule has 0 aromatic carbocycles. The Labute approximate surface area is 209 Å². The van der Waals surface area contributed by atoms with E-state index in [0.29, 0.717) is 17.1 Å². The predicted octanol–water partition coefficient (Wildman–Crippen LogP) is -4.42. The summed E-state index contributed by atoms with van der Waals surface area (Å²) in [5.41, 5.74) is 1.89. The Kier molecular flexibility index (Phi) is 7.73. The summed E-state index contributed by atoms with van der Waals surface area (Å²) in [6, 6.07) is 0. The molecule has 0 amide bonds. The fraction of sp³-hybridized carbons (Fsp3) is 0.667. The predicted molar refractivity (Wildman–Crippen MR) is 118 cm³/mol. The molecule has 0 radical (unpaired) electrons. The molecule has 3 aliphatic heterocycles. The number of ketones is 2. The molecule has 3 heterocycles. The van der Waals surface area contributed by atoms with Crippen molar-refractivity contribution in [3.05, 3.63) is 23.2 Å². The van der Waals surface area contributed by atoms with E-state index >= 15 is 0 Å². The molecule has 0 spiro atoms. The summed E-state index contributed by atoms with van der Waals surface area (Å²) in [5, 5.41) is 46.8. The maximum Gasteiger partial charge on any atom is 0.481 e. The average Bonchev–Trinajstić information content (AvgIpc) is 3.62. The molecule has 8 N–H and O–H groups in total. The minimum absolute atomic E-state index is 0.00546. The van der Waals surface area contributed by atoms with Gasteiger partial charge in [0, 0.05) is 45.3 Å². The van der Waals surface area contributed by atoms with Gasteiger partial charge < -0.3 is 54.9 Å². The van der Waals surface area contributed by atoms with E-state index in [9.17, 15) is 44.3 Å². The monoisotopic (exact) mass is 571 g/mol. The molecule has 5 aliphatic rings. The van der Waals surface area contributed by atoms with Crippen molar-refractivity contribution >= 4 is 27.2 Å². The van der Waals surface area contributed by atoms with Crippen LogP contribution in [-0.4, -0.2) is 142 Å². The van der Waals surface area contributed by atoms with Crippen molar-refractivity contribution in [3.8, 4) is 0 Å². The van der Waals surface area contributed by atoms with Gasteiger partial charge in [-0.1, -0.05) is 0 Å². The van der Waals surface area contributed by atoms with Gasteiger partial charge in [0.05, 0.1) is 5.70 Å². The molecule has 3 unspecified atom stereocenters. The molecule has 208 valence electrons. The molecule has 0 aromatic heterocycles. The fourth-order valence-corrected chi connectivity index (χ4v) is 5.69. The van der Waals surface area contributed by atoms with Gasteiger partial charge in [0.25, 0.3) is 0 Å². The van der Waals surface area contributed by atoms with Crippen molar-refractivity contribution < 1.29 is 67.8 Å². The highest BCUT2D eigenvalue weighted by Crippen LogP contribution is 2.58. The Bertz CT molecular complexity index is 1090. The lowest BCUT2D eigenvalue weighted by molar-refractivity contribution is -0.219. The third kappa shape index (κ3) is 6.47. The van der Waals surface area contributed by atoms with Crippen molar-refractivity contribution in [2.24, 2.45) is 0 Å². The smallest absolute Gasteiger partial charge is 0.387 e. The highest BCUT2D eigenvalue weighted by Gasteiger charge is 2.52. The molecule has 2 aliphatic carbocycles. The van der Waals surface area contributed by atoms with Crippen molar-refractivity contribution in [3.63, 3.8) is 0 Å². The van der Waals surface area contributed by atoms with Crippen molar-refractivity contribution in [2.75, 3.05) is 39.3 Å². The van der Waals surface area contributed by atoms with Crippen molar-refractivity contribution in [1.82, 2.24) is 14.7 Å². The summed E-state index contributed by atoms with van der Waals surface area (Å²) in [6.07, 6.45) is -10.9. The first kappa shape index (κ1) is 28.3. The molecule has 37 heavy (non-hydrogen) atoms. The van der Waals surface area contributed by atoms with E-state index in [2.05, 4.69) is 8.83 Å². The number of rotatable bonds is 7. The zero-order valence-electron chi connectivity index (χ0n) is 19.0. The average molecular weight is 571 g/mol. The Morgan fingerprint density at radius 1 is 0.703 bits per heavy atom. The van der Waals surface area contributed by atoms with Crippen LogP contribution >= 0.6 is 15.6 Å². The van der Waals surface area contributed by atoms with E-state index in [1.54, 1.807) is 0 Å². The number of carbonyl (C=O) groups excluding carboxylic acids is 2. The molecule has 17 nitrogen and oxygen atoms in total. The van der Waals surface area contributed by atoms with Crippen LogP contribution in [0.3, 0.4) is 0 Å². The van der Waals surface area contributed by atoms with Gasteiger partial charge >= 0.3 is 15.6 Å². The minimum Gasteiger partial charge on any atom is -0.387 e. The number of phosphoric acid groups is 2. The summed E-state index contributed by atoms with van der Waals surface area (Å²) in [6.45, 7) is 5.41. The van der Waals surface area contributed by atoms with E-state index in [1.807, 2.05) is 14.7 Å². The number of nitrogens with zero attached hydrogens (tertiary/aromatic N) is 3. The summed E-state index contributed by atoms with van der Waals surface area (Å²) in [5.74, 6) is 0.0485. The number of aliphatic hydroxyl groups is 5. The molecule has 4 fully saturated rings. The summed E-state index contributed by atoms with van der Waals surface area (Å²) in [7, 11) is -10.8. The standard InChI is InChI=1S/C12H13N3O2.C6H14O12P2/c16-9-7-8(13-1-2-13)12(17)11(15-5-6-15)10(9)14-3-4-14;7-1-2(8)4(10)6(5(11)3(1)9)17-20(15,16)18-19(12,13)14/h7H,1-6H2;1-11H,(H,15,16)(H2,12,13,14)/t;1?,2-,3+,4-,5-,6?/m.0/s1. The largest absolute Gasteiger partial charge is 0.481 e. The zero-order valence-corrected chi connectivity index (χ0v) is 20.8. The quantitative estimate of drug-likeness (QED) is 0.0814. The van der Waals surface area contributed by atoms with Gasteiger partial charge in [-0.25, -0.2) is 9.13 Å². The summed E-state index contributed by atoms with van der Waals surface area (Å²) in [4.78, 5) is 56.3. The van der Waals surface area contributed by atoms with Gasteiger partial charge in [0.15, 0.2) is 0 Å². The second-order valence-electron chi connectivity index (χ2n) is 8.95. The maximum atomic E-state index is 12.4. The number of hydrogen-bond acceptors (Lipinski definition) is 14. The molecule has 3 saturated heterocycles. The Morgan fingerprint density at radius 3 is 1.57 bits per heavy atom. The zero-order chi connectivity index (χ0) is 27.4. The molecule has 19 heteroatoms. The van der Waals surface area contributed by atoms with E-state index in [-0.39, 0.29) is 11.6 Å². The molecule has 5 rings (SSSR count). The van der Waals surface area contributed by atoms with Gasteiger partial charge in [-0.2, -0.15) is 4.31 Å². The number of hydrogen-bond donors (Lipinski definition) is 8. The van der Waals surface area contributed by atoms with Crippen LogP contribution in [0, 0.1) is 0 Å². The van der Waals surface area contributed by atoms with Crippen LogP contribution in [0.15, 0.2) is 23.2 Å². The minimum atomic E-state index is -5.42. The molecule has 1 saturated carbocycles. The van der Waals surface area contributed by atoms with Gasteiger partial charge in [0.1, 0.15) is 48.0 Å². The Hall–Kier alpha value is -1.72. The first-order valence-electron chi connectivity index (χ1n) is 11.1. The molecule has 7 atom stereocenters. The first-order chi connectivity index (χ1) is 17.1. The first-order valence-corrected chi connectivity index (χ1v) is 14.1. The summed E-state index contributed by atoms with van der Waals surface area (Å²) < 4.78 is 29.2. The van der Waals surface area contributed by atoms with Gasteiger partial charge in [-0.3, -0.25) is 14.1 Å². The lowest BCUT2D eigenvalue weighted by atomic mass is 9.85. The third-order valence-corrected chi connectivity index (χ3v) is 8.21. The van der Waals surface area contributed by atoms with E-state index in [0.717, 1.165) is 39.3 Å². The summed E-state index contributed by atoms with van der Waals surface area (Å²) >= 11 is 0. The topological polar surface area (TPSA) is 258 Å². The van der Waals surface area contributed by atoms with Crippen LogP contribution in [-0.2, 0) is 27.6 Å². The highest BCUT2D eigenvalue weighted by atomic mass is 31.3. The van der Waals surface area contributed by atoms with Crippen LogP contribution in [0.1, 0.15) is 0 Å². The van der Waals surface area contributed by atoms with Crippen LogP contribution < -0.4 is 0 Å². The second-order valence-corrected chi connectivity index (χ2v) is 11.7. The van der Waals surface area contributed by atoms with Crippen molar-refractivity contribution in [1.29, 1.82) is 0 Å². The fourth-order valence-electron chi connectivity index (χ4n) is 3.90. The highest BCUT2D eigenvalue weighted by molar-refractivity contribution is 7.60. The number of Topliss-reactive ketones (excluding diaryl/α,β-unsaturated/α-hetero) is 1. The Morgan fingerprint density at radius 2 is 1.14 bits per heavy atom. The van der Waals surface area contributed by atoms with Crippen LogP contribution in [0.25, 0.3) is 0 Å². The Balaban J connectivity index is 0.000000174. The second kappa shape index (κ2) is 10.1. The lowest BCUT2D eigenvalue weighted by Gasteiger charge is -2.41. The molecule has 0 bridgehead atoms. The van der Waals surface area contributed by atoms with Crippen LogP contribution in [0.5, 0.6) is 0 Å². The van der Waals surface area contributed by atoms with E-state index < -0.39 is 52.3 Å². The molecular weight excluding hydrogens is 544 g/mol. The van der Waals surface area contributed by atoms with Gasteiger partial charge in [0.2, 0.25) is 11.6 Å². The normalized spacial score (nSPS) is 35.0. The number of aliphatic hydroxyl groups excluding tert-OH is 5. The van der Waals surface area contributed by atoms with Gasteiger partial charge in [-0.15, -0.1) is 0 Å². The lowest BCUT2D eigenvalue weighted by Crippen LogP contribution is -2.64. The van der Waals surface area contributed by atoms with E-state index in [1.165, 1.54) is 6.08 Å². The molecule has 0 aromatic rings.